The van der Waals surface area contributed by atoms with Crippen LogP contribution in [0.2, 0.25) is 0 Å². The van der Waals surface area contributed by atoms with Gasteiger partial charge in [0.15, 0.2) is 0 Å². The molecule has 7 nitrogen and oxygen atoms in total. The predicted octanol–water partition coefficient (Wildman–Crippen LogP) is 1.46. The van der Waals surface area contributed by atoms with Gasteiger partial charge in [0.2, 0.25) is 10.0 Å². The second-order valence-corrected chi connectivity index (χ2v) is 6.31. The molecule has 0 aliphatic heterocycles. The number of carboxylic acids is 1. The molecule has 1 atom stereocenters. The van der Waals surface area contributed by atoms with Gasteiger partial charge in [-0.05, 0) is 31.5 Å². The van der Waals surface area contributed by atoms with Gasteiger partial charge in [-0.1, -0.05) is 6.07 Å². The summed E-state index contributed by atoms with van der Waals surface area (Å²) in [6.45, 7) is 3.25. The molecule has 0 amide bonds. The Kier molecular flexibility index (Phi) is 4.10. The lowest BCUT2D eigenvalue weighted by Crippen LogP contribution is -2.27. The summed E-state index contributed by atoms with van der Waals surface area (Å²) in [5.74, 6) is -0.687. The van der Waals surface area contributed by atoms with Crippen molar-refractivity contribution in [2.45, 2.75) is 24.8 Å². The van der Waals surface area contributed by atoms with E-state index >= 15 is 0 Å². The van der Waals surface area contributed by atoms with Crippen LogP contribution in [-0.2, 0) is 10.0 Å². The summed E-state index contributed by atoms with van der Waals surface area (Å²) in [6, 6.07) is 3.43. The van der Waals surface area contributed by atoms with Gasteiger partial charge in [-0.25, -0.2) is 22.9 Å². The summed E-state index contributed by atoms with van der Waals surface area (Å²) in [5.41, 5.74) is 0.462. The highest BCUT2D eigenvalue weighted by Gasteiger charge is 2.21. The maximum Gasteiger partial charge on any atom is 0.335 e. The maximum atomic E-state index is 12.3. The standard InChI is InChI=1S/C13H15N3O4S/c1-8-3-4-10(7-11(8)13(17)18)21(19,20)16-9(2)12-14-5-6-15-12/h3-7,9,16H,1-2H3,(H,14,15)(H,17,18). The zero-order valence-corrected chi connectivity index (χ0v) is 12.3. The van der Waals surface area contributed by atoms with E-state index in [1.165, 1.54) is 18.3 Å². The van der Waals surface area contributed by atoms with Gasteiger partial charge in [0.1, 0.15) is 5.82 Å². The van der Waals surface area contributed by atoms with E-state index in [-0.39, 0.29) is 10.5 Å². The first-order valence-electron chi connectivity index (χ1n) is 6.17. The molecule has 0 radical (unpaired) electrons. The molecule has 0 spiro atoms. The number of carboxylic acid groups (broad SMARTS) is 1. The number of H-pyrrole nitrogens is 1. The molecule has 1 heterocycles. The van der Waals surface area contributed by atoms with Crippen LogP contribution in [-0.4, -0.2) is 29.5 Å². The molecule has 0 aliphatic carbocycles. The topological polar surface area (TPSA) is 112 Å². The van der Waals surface area contributed by atoms with E-state index in [0.717, 1.165) is 6.07 Å². The number of aromatic nitrogens is 2. The number of benzene rings is 1. The maximum absolute atomic E-state index is 12.3. The number of nitrogens with zero attached hydrogens (tertiary/aromatic N) is 1. The molecular formula is C13H15N3O4S. The summed E-state index contributed by atoms with van der Waals surface area (Å²) in [5, 5.41) is 9.06. The highest BCUT2D eigenvalue weighted by atomic mass is 32.2. The average Bonchev–Trinajstić information content (AvgIpc) is 2.92. The molecule has 1 unspecified atom stereocenters. The normalized spacial score (nSPS) is 13.0. The Balaban J connectivity index is 2.32. The van der Waals surface area contributed by atoms with Crippen molar-refractivity contribution in [3.05, 3.63) is 47.5 Å². The van der Waals surface area contributed by atoms with Crippen molar-refractivity contribution in [3.8, 4) is 0 Å². The number of nitrogens with one attached hydrogen (secondary N) is 2. The van der Waals surface area contributed by atoms with Gasteiger partial charge >= 0.3 is 5.97 Å². The quantitative estimate of drug-likeness (QED) is 0.774. The van der Waals surface area contributed by atoms with E-state index in [2.05, 4.69) is 14.7 Å². The Labute approximate surface area is 122 Å². The molecule has 2 rings (SSSR count). The number of hydrogen-bond acceptors (Lipinski definition) is 4. The Morgan fingerprint density at radius 2 is 2.14 bits per heavy atom. The lowest BCUT2D eigenvalue weighted by atomic mass is 10.1. The van der Waals surface area contributed by atoms with Crippen molar-refractivity contribution in [1.82, 2.24) is 14.7 Å². The van der Waals surface area contributed by atoms with Crippen LogP contribution in [0.3, 0.4) is 0 Å². The van der Waals surface area contributed by atoms with Crippen LogP contribution in [0.15, 0.2) is 35.5 Å². The van der Waals surface area contributed by atoms with Crippen LogP contribution < -0.4 is 4.72 Å². The summed E-state index contributed by atoms with van der Waals surface area (Å²) in [7, 11) is -3.83. The zero-order chi connectivity index (χ0) is 15.6. The van der Waals surface area contributed by atoms with Crippen LogP contribution in [0.1, 0.15) is 34.7 Å². The van der Waals surface area contributed by atoms with Gasteiger partial charge in [0.25, 0.3) is 0 Å². The number of hydrogen-bond donors (Lipinski definition) is 3. The van der Waals surface area contributed by atoms with Gasteiger partial charge in [0, 0.05) is 12.4 Å². The molecule has 8 heteroatoms. The smallest absolute Gasteiger partial charge is 0.335 e. The third-order valence-electron chi connectivity index (χ3n) is 3.01. The second-order valence-electron chi connectivity index (χ2n) is 4.60. The number of sulfonamides is 1. The molecule has 3 N–H and O–H groups in total. The van der Waals surface area contributed by atoms with Gasteiger partial charge in [0.05, 0.1) is 16.5 Å². The lowest BCUT2D eigenvalue weighted by Gasteiger charge is -2.13. The highest BCUT2D eigenvalue weighted by Crippen LogP contribution is 2.18. The fourth-order valence-electron chi connectivity index (χ4n) is 1.87. The first-order valence-corrected chi connectivity index (χ1v) is 7.65. The molecule has 2 aromatic rings. The van der Waals surface area contributed by atoms with Crippen molar-refractivity contribution >= 4 is 16.0 Å². The molecule has 0 saturated carbocycles. The fourth-order valence-corrected chi connectivity index (χ4v) is 3.10. The number of aryl methyl sites for hydroxylation is 1. The highest BCUT2D eigenvalue weighted by molar-refractivity contribution is 7.89. The van der Waals surface area contributed by atoms with Crippen LogP contribution in [0.5, 0.6) is 0 Å². The second kappa shape index (κ2) is 5.66. The van der Waals surface area contributed by atoms with Crippen LogP contribution in [0, 0.1) is 6.92 Å². The molecular weight excluding hydrogens is 294 g/mol. The zero-order valence-electron chi connectivity index (χ0n) is 11.5. The van der Waals surface area contributed by atoms with Gasteiger partial charge in [-0.3, -0.25) is 0 Å². The summed E-state index contributed by atoms with van der Waals surface area (Å²) in [4.78, 5) is 17.8. The third kappa shape index (κ3) is 3.29. The number of carbonyl (C=O) groups is 1. The first-order chi connectivity index (χ1) is 9.81. The minimum Gasteiger partial charge on any atom is -0.478 e. The summed E-state index contributed by atoms with van der Waals surface area (Å²) < 4.78 is 27.0. The van der Waals surface area contributed by atoms with Crippen LogP contribution in [0.25, 0.3) is 0 Å². The van der Waals surface area contributed by atoms with Crippen LogP contribution >= 0.6 is 0 Å². The molecule has 1 aromatic carbocycles. The predicted molar refractivity (Wildman–Crippen MR) is 75.5 cm³/mol. The Bertz CT molecular complexity index is 754. The van der Waals surface area contributed by atoms with Crippen molar-refractivity contribution in [2.75, 3.05) is 0 Å². The van der Waals surface area contributed by atoms with Crippen molar-refractivity contribution in [2.24, 2.45) is 0 Å². The molecule has 0 fully saturated rings. The third-order valence-corrected chi connectivity index (χ3v) is 4.55. The van der Waals surface area contributed by atoms with E-state index in [1.807, 2.05) is 0 Å². The van der Waals surface area contributed by atoms with Crippen LogP contribution in [0.4, 0.5) is 0 Å². The van der Waals surface area contributed by atoms with Crippen molar-refractivity contribution < 1.29 is 18.3 Å². The van der Waals surface area contributed by atoms with Gasteiger partial charge < -0.3 is 10.1 Å². The first kappa shape index (κ1) is 15.2. The molecule has 1 aromatic heterocycles. The SMILES string of the molecule is Cc1ccc(S(=O)(=O)NC(C)c2ncc[nH]2)cc1C(=O)O. The molecule has 21 heavy (non-hydrogen) atoms. The molecule has 0 bridgehead atoms. The molecule has 0 aliphatic rings. The van der Waals surface area contributed by atoms with Gasteiger partial charge in [-0.2, -0.15) is 0 Å². The fraction of sp³-hybridized carbons (Fsp3) is 0.231. The number of aromatic amines is 1. The summed E-state index contributed by atoms with van der Waals surface area (Å²) in [6.07, 6.45) is 3.11. The van der Waals surface area contributed by atoms with Crippen molar-refractivity contribution in [3.63, 3.8) is 0 Å². The molecule has 112 valence electrons. The van der Waals surface area contributed by atoms with E-state index in [0.29, 0.717) is 11.4 Å². The minimum atomic E-state index is -3.83. The number of aromatic carboxylic acids is 1. The van der Waals surface area contributed by atoms with Crippen molar-refractivity contribution in [1.29, 1.82) is 0 Å². The van der Waals surface area contributed by atoms with E-state index in [9.17, 15) is 13.2 Å². The average molecular weight is 309 g/mol. The summed E-state index contributed by atoms with van der Waals surface area (Å²) >= 11 is 0. The Morgan fingerprint density at radius 3 is 2.71 bits per heavy atom. The van der Waals surface area contributed by atoms with E-state index in [1.54, 1.807) is 20.0 Å². The van der Waals surface area contributed by atoms with E-state index < -0.39 is 22.0 Å². The minimum absolute atomic E-state index is 0.0384. The molecule has 0 saturated heterocycles. The Morgan fingerprint density at radius 1 is 1.43 bits per heavy atom. The monoisotopic (exact) mass is 309 g/mol. The Hall–Kier alpha value is -2.19. The van der Waals surface area contributed by atoms with Gasteiger partial charge in [-0.15, -0.1) is 0 Å². The largest absolute Gasteiger partial charge is 0.478 e. The van der Waals surface area contributed by atoms with E-state index in [4.69, 9.17) is 5.11 Å². The number of rotatable bonds is 5. The number of imidazole rings is 1. The lowest BCUT2D eigenvalue weighted by molar-refractivity contribution is 0.0696.